The van der Waals surface area contributed by atoms with Gasteiger partial charge in [0, 0.05) is 44.4 Å². The van der Waals surface area contributed by atoms with Crippen LogP contribution in [0.2, 0.25) is 0 Å². The Hall–Kier alpha value is -10.0. The molecular formula is C55H90N22O15. The minimum atomic E-state index is -1.79. The van der Waals surface area contributed by atoms with E-state index in [1.807, 2.05) is 0 Å². The number of hydrogen-bond acceptors (Lipinski definition) is 21. The first-order chi connectivity index (χ1) is 43.5. The molecule has 8 atom stereocenters. The number of non-ortho nitro benzene ring substituents is 1. The van der Waals surface area contributed by atoms with Crippen LogP contribution in [0.25, 0.3) is 0 Å². The summed E-state index contributed by atoms with van der Waals surface area (Å²) in [6, 6.07) is -2.38. The molecule has 0 fully saturated rings. The number of nitrogen functional groups attached to an aromatic ring is 1. The topological polar surface area (TPSA) is 630 Å². The lowest BCUT2D eigenvalue weighted by Crippen LogP contribution is -2.60. The Bertz CT molecular complexity index is 2910. The summed E-state index contributed by atoms with van der Waals surface area (Å²) in [5.74, 6) is -9.88. The Morgan fingerprint density at radius 2 is 0.989 bits per heavy atom. The van der Waals surface area contributed by atoms with Crippen LogP contribution in [0.1, 0.15) is 108 Å². The molecule has 0 aliphatic carbocycles. The quantitative estimate of drug-likeness (QED) is 0.00738. The van der Waals surface area contributed by atoms with Gasteiger partial charge < -0.3 is 104 Å². The zero-order chi connectivity index (χ0) is 69.0. The summed E-state index contributed by atoms with van der Waals surface area (Å²) < 4.78 is 0. The van der Waals surface area contributed by atoms with Gasteiger partial charge in [-0.1, -0.05) is 26.0 Å². The Balaban J connectivity index is 2.36. The normalized spacial score (nSPS) is 13.5. The van der Waals surface area contributed by atoms with Gasteiger partial charge in [0.15, 0.2) is 11.9 Å². The minimum Gasteiger partial charge on any atom is -0.398 e. The number of primary amides is 1. The van der Waals surface area contributed by atoms with Gasteiger partial charge in [0.1, 0.15) is 54.0 Å². The van der Waals surface area contributed by atoms with Crippen LogP contribution in [0.3, 0.4) is 0 Å². The maximum absolute atomic E-state index is 14.3. The summed E-state index contributed by atoms with van der Waals surface area (Å²) in [4.78, 5) is 165. The summed E-state index contributed by atoms with van der Waals surface area (Å²) in [6.45, 7) is 3.51. The van der Waals surface area contributed by atoms with Crippen LogP contribution in [-0.2, 0) is 43.2 Å². The standard InChI is InChI=1S/C55H90N22O15/c1-30(2)44(75-46(81)33-12-4-5-13-34(33)58)53(88)73-37(15-7-9-23-57)49(84)70-36(14-6-8-22-56)48(83)71-39(17-11-25-67-55(62)63)51(86)74-41(29-78)52(87)68-31(3)45(80)69-38(16-10-24-66-54(60)61)50(85)72-40(20-21-43(59)79)47(82)65-27-26-64-35-19-18-32(76(89)90)28-42(35)77(91)92/h4-5,12-13,18-19,28,30-31,36-41,44,64,78H,6-11,14-17,20-27,29,56-58H2,1-3H3,(H2,59,79)(H,65,82)(H,68,87)(H,69,80)(H,70,84)(H,71,83)(H,72,85)(H,73,88)(H,74,86)(H,75,81)(H4,60,61,66)(H4,62,63,67). The monoisotopic (exact) mass is 1300 g/mol. The van der Waals surface area contributed by atoms with E-state index in [1.165, 1.54) is 19.1 Å². The number of guanidine groups is 2. The maximum atomic E-state index is 14.3. The lowest BCUT2D eigenvalue weighted by Gasteiger charge is -2.28. The molecule has 2 aromatic rings. The van der Waals surface area contributed by atoms with E-state index in [9.17, 15) is 73.3 Å². The SMILES string of the molecule is CC(NC(=O)C(CO)NC(=O)C(CCCN=C(N)N)NC(=O)C(CCCCN)NC(=O)C(CCCCN)NC(=O)C(NC(=O)c1ccccc1N)C(C)C)C(=O)NC(CCCN=C(N)N)C(=O)NC(CCC(N)=O)C(=O)NCCNc1ccc([N+](=O)[O-])cc1[N+](=O)[O-]. The number of amides is 10. The second-order valence-corrected chi connectivity index (χ2v) is 21.5. The molecule has 0 aliphatic heterocycles. The highest BCUT2D eigenvalue weighted by atomic mass is 16.6. The Morgan fingerprint density at radius 1 is 0.533 bits per heavy atom. The van der Waals surface area contributed by atoms with Crippen molar-refractivity contribution in [3.8, 4) is 0 Å². The molecule has 27 N–H and O–H groups in total. The van der Waals surface area contributed by atoms with Crippen molar-refractivity contribution in [1.82, 2.24) is 47.9 Å². The number of benzene rings is 2. The number of hydrogen-bond donors (Lipinski definition) is 19. The molecule has 0 radical (unpaired) electrons. The van der Waals surface area contributed by atoms with E-state index in [2.05, 4.69) is 63.2 Å². The fraction of sp³-hybridized carbons (Fsp3) is 0.564. The van der Waals surface area contributed by atoms with Gasteiger partial charge in [0.2, 0.25) is 53.2 Å². The molecule has 92 heavy (non-hydrogen) atoms. The van der Waals surface area contributed by atoms with E-state index in [-0.39, 0.29) is 113 Å². The lowest BCUT2D eigenvalue weighted by molar-refractivity contribution is -0.393. The van der Waals surface area contributed by atoms with E-state index in [0.29, 0.717) is 25.7 Å². The van der Waals surface area contributed by atoms with E-state index >= 15 is 0 Å². The second-order valence-electron chi connectivity index (χ2n) is 21.5. The number of nitrogens with one attached hydrogen (secondary N) is 10. The molecule has 0 saturated carbocycles. The molecule has 0 saturated heterocycles. The number of nitro benzene ring substituents is 2. The fourth-order valence-corrected chi connectivity index (χ4v) is 8.74. The fourth-order valence-electron chi connectivity index (χ4n) is 8.74. The van der Waals surface area contributed by atoms with Crippen LogP contribution < -0.4 is 99.0 Å². The molecule has 10 amide bonds. The molecule has 510 valence electrons. The van der Waals surface area contributed by atoms with Crippen molar-refractivity contribution in [2.75, 3.05) is 56.9 Å². The zero-order valence-electron chi connectivity index (χ0n) is 51.7. The number of aliphatic hydroxyl groups excluding tert-OH is 1. The van der Waals surface area contributed by atoms with Crippen LogP contribution >= 0.6 is 0 Å². The third-order valence-corrected chi connectivity index (χ3v) is 13.8. The molecule has 2 rings (SSSR count). The molecule has 0 aliphatic rings. The van der Waals surface area contributed by atoms with Crippen molar-refractivity contribution in [2.24, 2.45) is 56.0 Å². The molecule has 0 aromatic heterocycles. The van der Waals surface area contributed by atoms with Gasteiger partial charge in [-0.2, -0.15) is 0 Å². The Kier molecular flexibility index (Phi) is 35.0. The first-order valence-corrected chi connectivity index (χ1v) is 29.7. The number of nitrogens with zero attached hydrogens (tertiary/aromatic N) is 4. The minimum absolute atomic E-state index is 0.0140. The van der Waals surface area contributed by atoms with Gasteiger partial charge in [-0.3, -0.25) is 78.2 Å². The molecule has 8 unspecified atom stereocenters. The summed E-state index contributed by atoms with van der Waals surface area (Å²) in [6.07, 6.45) is 0.572. The molecule has 37 heteroatoms. The third kappa shape index (κ3) is 28.6. The Morgan fingerprint density at radius 3 is 1.43 bits per heavy atom. The summed E-state index contributed by atoms with van der Waals surface area (Å²) in [5, 5.41) is 58.7. The number of carbonyl (C=O) groups is 10. The highest BCUT2D eigenvalue weighted by Gasteiger charge is 2.35. The van der Waals surface area contributed by atoms with Gasteiger partial charge in [0.25, 0.3) is 17.3 Å². The van der Waals surface area contributed by atoms with Gasteiger partial charge in [-0.05, 0) is 115 Å². The van der Waals surface area contributed by atoms with Gasteiger partial charge >= 0.3 is 0 Å². The predicted octanol–water partition coefficient (Wildman–Crippen LogP) is -4.90. The summed E-state index contributed by atoms with van der Waals surface area (Å²) in [7, 11) is 0. The smallest absolute Gasteiger partial charge is 0.299 e. The number of unbranched alkanes of at least 4 members (excludes halogenated alkanes) is 2. The van der Waals surface area contributed by atoms with Crippen LogP contribution in [0.5, 0.6) is 0 Å². The van der Waals surface area contributed by atoms with Crippen LogP contribution in [-0.4, -0.2) is 180 Å². The average Bonchev–Trinajstić information content (AvgIpc) is 1.28. The highest BCUT2D eigenvalue weighted by Crippen LogP contribution is 2.28. The first kappa shape index (κ1) is 78.1. The summed E-state index contributed by atoms with van der Waals surface area (Å²) >= 11 is 0. The lowest BCUT2D eigenvalue weighted by atomic mass is 10.0. The van der Waals surface area contributed by atoms with E-state index in [0.717, 1.165) is 18.2 Å². The number of aliphatic imine (C=N–C) groups is 2. The van der Waals surface area contributed by atoms with Crippen molar-refractivity contribution < 1.29 is 62.9 Å². The number of carbonyl (C=O) groups excluding carboxylic acids is 10. The maximum Gasteiger partial charge on any atom is 0.299 e. The van der Waals surface area contributed by atoms with Crippen LogP contribution in [0.4, 0.5) is 22.7 Å². The first-order valence-electron chi connectivity index (χ1n) is 29.7. The van der Waals surface area contributed by atoms with E-state index in [1.54, 1.807) is 26.0 Å². The zero-order valence-corrected chi connectivity index (χ0v) is 51.7. The largest absolute Gasteiger partial charge is 0.398 e. The van der Waals surface area contributed by atoms with Gasteiger partial charge in [0.05, 0.1) is 28.1 Å². The van der Waals surface area contributed by atoms with Crippen molar-refractivity contribution in [1.29, 1.82) is 0 Å². The molecule has 0 heterocycles. The number of para-hydroxylation sites is 1. The van der Waals surface area contributed by atoms with Crippen molar-refractivity contribution in [3.63, 3.8) is 0 Å². The number of nitro groups is 2. The molecule has 2 aromatic carbocycles. The Labute approximate surface area is 530 Å². The van der Waals surface area contributed by atoms with E-state index in [4.69, 9.17) is 45.9 Å². The highest BCUT2D eigenvalue weighted by molar-refractivity contribution is 6.02. The van der Waals surface area contributed by atoms with Crippen molar-refractivity contribution in [2.45, 2.75) is 146 Å². The van der Waals surface area contributed by atoms with Gasteiger partial charge in [-0.15, -0.1) is 0 Å². The van der Waals surface area contributed by atoms with Crippen LogP contribution in [0, 0.1) is 26.1 Å². The third-order valence-electron chi connectivity index (χ3n) is 13.8. The van der Waals surface area contributed by atoms with E-state index < -0.39 is 148 Å². The number of anilines is 2. The van der Waals surface area contributed by atoms with Crippen LogP contribution in [0.15, 0.2) is 52.4 Å². The molecule has 37 nitrogen and oxygen atoms in total. The molecule has 0 bridgehead atoms. The molecule has 0 spiro atoms. The molecular weight excluding hydrogens is 1210 g/mol. The number of rotatable bonds is 44. The second kappa shape index (κ2) is 41.3. The number of aliphatic hydroxyl groups is 1. The van der Waals surface area contributed by atoms with Gasteiger partial charge in [-0.25, -0.2) is 0 Å². The summed E-state index contributed by atoms with van der Waals surface area (Å²) in [5.41, 5.74) is 43.9. The predicted molar refractivity (Wildman–Crippen MR) is 339 cm³/mol. The average molecular weight is 1300 g/mol. The van der Waals surface area contributed by atoms with Crippen molar-refractivity contribution in [3.05, 3.63) is 68.3 Å². The van der Waals surface area contributed by atoms with Crippen molar-refractivity contribution >= 4 is 93.7 Å². The number of nitrogens with two attached hydrogens (primary N) is 8.